The molecule has 0 bridgehead atoms. The molecular weight excluding hydrogens is 256 g/mol. The lowest BCUT2D eigenvalue weighted by molar-refractivity contribution is 0.288. The highest BCUT2D eigenvalue weighted by Crippen LogP contribution is 2.23. The first-order chi connectivity index (χ1) is 7.24. The van der Waals surface area contributed by atoms with Crippen molar-refractivity contribution in [3.63, 3.8) is 0 Å². The topological polar surface area (TPSA) is 38.0 Å². The summed E-state index contributed by atoms with van der Waals surface area (Å²) in [6.07, 6.45) is 3.72. The molecule has 0 aliphatic carbocycles. The lowest BCUT2D eigenvalue weighted by Gasteiger charge is -2.02. The van der Waals surface area contributed by atoms with E-state index in [-0.39, 0.29) is 6.61 Å². The molecule has 86 valence electrons. The largest absolute Gasteiger partial charge is 0.396 e. The summed E-state index contributed by atoms with van der Waals surface area (Å²) in [5, 5.41) is 13.4. The van der Waals surface area contributed by atoms with Gasteiger partial charge in [0.1, 0.15) is 0 Å². The van der Waals surface area contributed by atoms with Crippen LogP contribution in [0.3, 0.4) is 0 Å². The maximum absolute atomic E-state index is 8.81. The molecule has 0 saturated heterocycles. The summed E-state index contributed by atoms with van der Waals surface area (Å²) in [6.45, 7) is 5.50. The van der Waals surface area contributed by atoms with Crippen LogP contribution in [-0.4, -0.2) is 21.5 Å². The Morgan fingerprint density at radius 3 is 2.67 bits per heavy atom. The van der Waals surface area contributed by atoms with Crippen LogP contribution in [-0.2, 0) is 19.4 Å². The van der Waals surface area contributed by atoms with Gasteiger partial charge in [0, 0.05) is 13.2 Å². The summed E-state index contributed by atoms with van der Waals surface area (Å²) in [5.41, 5.74) is 2.35. The van der Waals surface area contributed by atoms with Crippen LogP contribution in [0.15, 0.2) is 4.47 Å². The van der Waals surface area contributed by atoms with Crippen LogP contribution >= 0.6 is 15.9 Å². The molecule has 1 N–H and O–H groups in total. The number of halogens is 1. The Morgan fingerprint density at radius 2 is 2.13 bits per heavy atom. The van der Waals surface area contributed by atoms with Gasteiger partial charge in [-0.1, -0.05) is 13.8 Å². The number of nitrogens with zero attached hydrogens (tertiary/aromatic N) is 2. The van der Waals surface area contributed by atoms with Crippen molar-refractivity contribution >= 4 is 15.9 Å². The molecule has 4 heteroatoms. The van der Waals surface area contributed by atoms with E-state index in [4.69, 9.17) is 5.11 Å². The average Bonchev–Trinajstić information content (AvgIpc) is 2.52. The molecule has 0 amide bonds. The number of aliphatic hydroxyl groups excluding tert-OH is 1. The highest BCUT2D eigenvalue weighted by Gasteiger charge is 2.13. The van der Waals surface area contributed by atoms with E-state index in [9.17, 15) is 0 Å². The molecule has 1 heterocycles. The maximum Gasteiger partial charge on any atom is 0.0770 e. The Kier molecular flexibility index (Phi) is 5.32. The Balaban J connectivity index is 2.87. The monoisotopic (exact) mass is 274 g/mol. The molecule has 0 aliphatic rings. The van der Waals surface area contributed by atoms with E-state index < -0.39 is 0 Å². The van der Waals surface area contributed by atoms with Crippen LogP contribution in [0.2, 0.25) is 0 Å². The minimum Gasteiger partial charge on any atom is -0.396 e. The summed E-state index contributed by atoms with van der Waals surface area (Å²) >= 11 is 3.60. The fourth-order valence-corrected chi connectivity index (χ4v) is 2.43. The van der Waals surface area contributed by atoms with Gasteiger partial charge in [-0.2, -0.15) is 5.10 Å². The van der Waals surface area contributed by atoms with E-state index in [0.717, 1.165) is 42.4 Å². The van der Waals surface area contributed by atoms with Gasteiger partial charge in [-0.05, 0) is 41.6 Å². The second-order valence-corrected chi connectivity index (χ2v) is 4.40. The van der Waals surface area contributed by atoms with Gasteiger partial charge in [0.25, 0.3) is 0 Å². The number of aliphatic hydroxyl groups is 1. The number of aryl methyl sites for hydroxylation is 2. The third kappa shape index (κ3) is 3.05. The molecule has 1 aromatic heterocycles. The Morgan fingerprint density at radius 1 is 1.40 bits per heavy atom. The van der Waals surface area contributed by atoms with E-state index in [1.165, 1.54) is 5.69 Å². The lowest BCUT2D eigenvalue weighted by atomic mass is 10.2. The first kappa shape index (κ1) is 12.7. The van der Waals surface area contributed by atoms with Gasteiger partial charge in [-0.25, -0.2) is 0 Å². The first-order valence-corrected chi connectivity index (χ1v) is 6.38. The van der Waals surface area contributed by atoms with E-state index >= 15 is 0 Å². The quantitative estimate of drug-likeness (QED) is 0.866. The average molecular weight is 275 g/mol. The highest BCUT2D eigenvalue weighted by atomic mass is 79.9. The third-order valence-corrected chi connectivity index (χ3v) is 3.32. The van der Waals surface area contributed by atoms with Gasteiger partial charge >= 0.3 is 0 Å². The Bertz CT molecular complexity index is 310. The molecule has 0 unspecified atom stereocenters. The molecule has 0 radical (unpaired) electrons. The van der Waals surface area contributed by atoms with Gasteiger partial charge in [0.2, 0.25) is 0 Å². The van der Waals surface area contributed by atoms with Crippen molar-refractivity contribution in [3.8, 4) is 0 Å². The molecular formula is C11H19BrN2O. The second-order valence-electron chi connectivity index (χ2n) is 3.61. The normalized spacial score (nSPS) is 10.9. The van der Waals surface area contributed by atoms with E-state index in [2.05, 4.69) is 39.6 Å². The number of hydrogen-bond donors (Lipinski definition) is 1. The maximum atomic E-state index is 8.81. The SMILES string of the molecule is CCCn1nc(CCCO)c(Br)c1CC. The molecule has 1 aromatic rings. The predicted molar refractivity (Wildman–Crippen MR) is 65.0 cm³/mol. The summed E-state index contributed by atoms with van der Waals surface area (Å²) in [5.74, 6) is 0. The summed E-state index contributed by atoms with van der Waals surface area (Å²) in [6, 6.07) is 0. The zero-order valence-corrected chi connectivity index (χ0v) is 11.0. The molecule has 0 fully saturated rings. The van der Waals surface area contributed by atoms with Crippen LogP contribution < -0.4 is 0 Å². The van der Waals surface area contributed by atoms with Crippen molar-refractivity contribution in [2.45, 2.75) is 46.1 Å². The number of aromatic nitrogens is 2. The molecule has 0 atom stereocenters. The number of rotatable bonds is 6. The predicted octanol–water partition coefficient (Wildman–Crippen LogP) is 2.54. The van der Waals surface area contributed by atoms with Crippen molar-refractivity contribution in [1.29, 1.82) is 0 Å². The molecule has 3 nitrogen and oxygen atoms in total. The fourth-order valence-electron chi connectivity index (χ4n) is 1.67. The zero-order chi connectivity index (χ0) is 11.3. The van der Waals surface area contributed by atoms with Crippen molar-refractivity contribution in [2.24, 2.45) is 0 Å². The van der Waals surface area contributed by atoms with Crippen LogP contribution in [0.1, 0.15) is 38.1 Å². The number of hydrogen-bond acceptors (Lipinski definition) is 2. The minimum absolute atomic E-state index is 0.231. The third-order valence-electron chi connectivity index (χ3n) is 2.40. The fraction of sp³-hybridized carbons (Fsp3) is 0.727. The lowest BCUT2D eigenvalue weighted by Crippen LogP contribution is -2.04. The van der Waals surface area contributed by atoms with Crippen molar-refractivity contribution in [2.75, 3.05) is 6.61 Å². The van der Waals surface area contributed by atoms with Crippen molar-refractivity contribution in [3.05, 3.63) is 15.9 Å². The molecule has 15 heavy (non-hydrogen) atoms. The summed E-state index contributed by atoms with van der Waals surface area (Å²) < 4.78 is 3.21. The molecule has 0 aliphatic heterocycles. The van der Waals surface area contributed by atoms with Crippen LogP contribution in [0.25, 0.3) is 0 Å². The molecule has 0 saturated carbocycles. The van der Waals surface area contributed by atoms with E-state index in [1.807, 2.05) is 0 Å². The van der Waals surface area contributed by atoms with Crippen LogP contribution in [0.5, 0.6) is 0 Å². The second kappa shape index (κ2) is 6.28. The molecule has 0 aromatic carbocycles. The first-order valence-electron chi connectivity index (χ1n) is 5.59. The van der Waals surface area contributed by atoms with Gasteiger partial charge in [-0.15, -0.1) is 0 Å². The molecule has 1 rings (SSSR count). The van der Waals surface area contributed by atoms with Gasteiger partial charge in [-0.3, -0.25) is 4.68 Å². The van der Waals surface area contributed by atoms with Crippen LogP contribution in [0.4, 0.5) is 0 Å². The van der Waals surface area contributed by atoms with Gasteiger partial charge in [0.05, 0.1) is 15.9 Å². The highest BCUT2D eigenvalue weighted by molar-refractivity contribution is 9.10. The minimum atomic E-state index is 0.231. The van der Waals surface area contributed by atoms with Crippen molar-refractivity contribution < 1.29 is 5.11 Å². The van der Waals surface area contributed by atoms with Crippen molar-refractivity contribution in [1.82, 2.24) is 9.78 Å². The smallest absolute Gasteiger partial charge is 0.0770 e. The summed E-state index contributed by atoms with van der Waals surface area (Å²) in [4.78, 5) is 0. The Hall–Kier alpha value is -0.350. The van der Waals surface area contributed by atoms with E-state index in [1.54, 1.807) is 0 Å². The Labute approximate surface area is 99.6 Å². The van der Waals surface area contributed by atoms with Gasteiger partial charge < -0.3 is 5.11 Å². The standard InChI is InChI=1S/C11H19BrN2O/c1-3-7-14-10(4-2)11(12)9(13-14)6-5-8-15/h15H,3-8H2,1-2H3. The van der Waals surface area contributed by atoms with Gasteiger partial charge in [0.15, 0.2) is 0 Å². The molecule has 0 spiro atoms. The zero-order valence-electron chi connectivity index (χ0n) is 9.46. The summed E-state index contributed by atoms with van der Waals surface area (Å²) in [7, 11) is 0. The van der Waals surface area contributed by atoms with Crippen LogP contribution in [0, 0.1) is 0 Å². The van der Waals surface area contributed by atoms with E-state index in [0.29, 0.717) is 0 Å².